The van der Waals surface area contributed by atoms with Gasteiger partial charge in [0.2, 0.25) is 0 Å². The van der Waals surface area contributed by atoms with Crippen LogP contribution in [0.2, 0.25) is 0 Å². The number of benzene rings is 1. The van der Waals surface area contributed by atoms with Gasteiger partial charge in [0.15, 0.2) is 6.39 Å². The van der Waals surface area contributed by atoms with Crippen molar-refractivity contribution in [1.29, 1.82) is 0 Å². The number of ether oxygens (including phenoxy) is 1. The van der Waals surface area contributed by atoms with E-state index in [0.717, 1.165) is 22.3 Å². The molecule has 3 heterocycles. The molecular formula is C19H15N3O4. The molecule has 0 spiro atoms. The van der Waals surface area contributed by atoms with E-state index < -0.39 is 5.97 Å². The number of carbonyl (C=O) groups is 1. The molecule has 3 aromatic heterocycles. The molecule has 0 unspecified atom stereocenters. The summed E-state index contributed by atoms with van der Waals surface area (Å²) in [6.07, 6.45) is 2.95. The van der Waals surface area contributed by atoms with E-state index >= 15 is 0 Å². The molecule has 4 rings (SSSR count). The number of aromatic carboxylic acids is 1. The third-order valence-electron chi connectivity index (χ3n) is 4.15. The Morgan fingerprint density at radius 1 is 1.27 bits per heavy atom. The first-order chi connectivity index (χ1) is 12.7. The molecule has 1 N–H and O–H groups in total. The first-order valence-electron chi connectivity index (χ1n) is 7.91. The van der Waals surface area contributed by atoms with Gasteiger partial charge in [-0.1, -0.05) is 6.07 Å². The van der Waals surface area contributed by atoms with Crippen molar-refractivity contribution in [2.24, 2.45) is 0 Å². The lowest BCUT2D eigenvalue weighted by atomic mass is 10.2. The number of fused-ring (bicyclic) bond motifs is 1. The Hall–Kier alpha value is -3.61. The number of nitrogens with zero attached hydrogens (tertiary/aromatic N) is 3. The third-order valence-corrected chi connectivity index (χ3v) is 4.15. The Balaban J connectivity index is 1.86. The van der Waals surface area contributed by atoms with Gasteiger partial charge in [0.25, 0.3) is 0 Å². The maximum Gasteiger partial charge on any atom is 0.354 e. The molecule has 0 saturated carbocycles. The van der Waals surface area contributed by atoms with E-state index in [4.69, 9.17) is 14.3 Å². The number of rotatable bonds is 5. The molecule has 0 atom stereocenters. The molecule has 0 saturated heterocycles. The van der Waals surface area contributed by atoms with Gasteiger partial charge in [-0.2, -0.15) is 0 Å². The Morgan fingerprint density at radius 2 is 2.15 bits per heavy atom. The van der Waals surface area contributed by atoms with Gasteiger partial charge in [-0.05, 0) is 36.4 Å². The van der Waals surface area contributed by atoms with Crippen LogP contribution in [0, 0.1) is 0 Å². The van der Waals surface area contributed by atoms with Gasteiger partial charge in [0.1, 0.15) is 23.4 Å². The Morgan fingerprint density at radius 3 is 2.88 bits per heavy atom. The van der Waals surface area contributed by atoms with Crippen molar-refractivity contribution in [2.75, 3.05) is 7.11 Å². The van der Waals surface area contributed by atoms with Gasteiger partial charge in [-0.15, -0.1) is 0 Å². The number of carboxylic acid groups (broad SMARTS) is 1. The van der Waals surface area contributed by atoms with Crippen LogP contribution in [0.5, 0.6) is 5.75 Å². The van der Waals surface area contributed by atoms with Crippen LogP contribution in [-0.2, 0) is 6.54 Å². The summed E-state index contributed by atoms with van der Waals surface area (Å²) in [5.41, 5.74) is 3.16. The van der Waals surface area contributed by atoms with E-state index in [1.54, 1.807) is 25.5 Å². The second kappa shape index (κ2) is 6.36. The van der Waals surface area contributed by atoms with E-state index in [-0.39, 0.29) is 5.69 Å². The van der Waals surface area contributed by atoms with Gasteiger partial charge < -0.3 is 18.8 Å². The van der Waals surface area contributed by atoms with Crippen LogP contribution in [0.15, 0.2) is 59.5 Å². The average Bonchev–Trinajstić information content (AvgIpc) is 3.29. The van der Waals surface area contributed by atoms with Gasteiger partial charge in [-0.25, -0.2) is 14.8 Å². The van der Waals surface area contributed by atoms with E-state index in [1.807, 2.05) is 28.8 Å². The Labute approximate surface area is 148 Å². The van der Waals surface area contributed by atoms with Crippen LogP contribution in [0.25, 0.3) is 22.3 Å². The van der Waals surface area contributed by atoms with E-state index in [0.29, 0.717) is 17.9 Å². The lowest BCUT2D eigenvalue weighted by Crippen LogP contribution is -2.07. The van der Waals surface area contributed by atoms with Gasteiger partial charge in [0.05, 0.1) is 25.0 Å². The van der Waals surface area contributed by atoms with Crippen LogP contribution < -0.4 is 4.74 Å². The Kier molecular flexibility index (Phi) is 3.89. The first-order valence-corrected chi connectivity index (χ1v) is 7.91. The zero-order valence-corrected chi connectivity index (χ0v) is 13.9. The summed E-state index contributed by atoms with van der Waals surface area (Å²) < 4.78 is 12.5. The number of aromatic nitrogens is 3. The first kappa shape index (κ1) is 15.9. The lowest BCUT2D eigenvalue weighted by Gasteiger charge is -2.10. The number of methoxy groups -OCH3 is 1. The van der Waals surface area contributed by atoms with Crippen LogP contribution in [0.3, 0.4) is 0 Å². The number of hydrogen-bond donors (Lipinski definition) is 1. The summed E-state index contributed by atoms with van der Waals surface area (Å²) in [7, 11) is 1.62. The highest BCUT2D eigenvalue weighted by molar-refractivity contribution is 5.88. The predicted octanol–water partition coefficient (Wildman–Crippen LogP) is 3.45. The SMILES string of the molecule is COc1ccc2c(c1)cc(-c1cocn1)n2Cc1cccc(C(=O)O)n1. The van der Waals surface area contributed by atoms with Gasteiger partial charge in [0, 0.05) is 10.9 Å². The summed E-state index contributed by atoms with van der Waals surface area (Å²) in [5, 5.41) is 10.1. The number of carboxylic acids is 1. The molecule has 26 heavy (non-hydrogen) atoms. The fourth-order valence-electron chi connectivity index (χ4n) is 2.95. The van der Waals surface area contributed by atoms with Crippen molar-refractivity contribution in [1.82, 2.24) is 14.5 Å². The molecule has 0 fully saturated rings. The van der Waals surface area contributed by atoms with Crippen LogP contribution in [0.1, 0.15) is 16.2 Å². The molecule has 0 aliphatic carbocycles. The van der Waals surface area contributed by atoms with Crippen molar-refractivity contribution in [2.45, 2.75) is 6.54 Å². The predicted molar refractivity (Wildman–Crippen MR) is 94.3 cm³/mol. The zero-order chi connectivity index (χ0) is 18.1. The maximum absolute atomic E-state index is 11.2. The minimum atomic E-state index is -1.05. The highest BCUT2D eigenvalue weighted by atomic mass is 16.5. The summed E-state index contributed by atoms with van der Waals surface area (Å²) in [5.74, 6) is -0.293. The molecule has 0 radical (unpaired) electrons. The van der Waals surface area contributed by atoms with Gasteiger partial charge >= 0.3 is 5.97 Å². The number of oxazole rings is 1. The quantitative estimate of drug-likeness (QED) is 0.593. The molecule has 0 bridgehead atoms. The van der Waals surface area contributed by atoms with E-state index in [2.05, 4.69) is 9.97 Å². The molecule has 0 aliphatic rings. The lowest BCUT2D eigenvalue weighted by molar-refractivity contribution is 0.0690. The topological polar surface area (TPSA) is 90.4 Å². The monoisotopic (exact) mass is 349 g/mol. The summed E-state index contributed by atoms with van der Waals surface area (Å²) in [4.78, 5) is 19.6. The van der Waals surface area contributed by atoms with Gasteiger partial charge in [-0.3, -0.25) is 0 Å². The van der Waals surface area contributed by atoms with Crippen LogP contribution in [-0.4, -0.2) is 32.7 Å². The van der Waals surface area contributed by atoms with Crippen LogP contribution in [0.4, 0.5) is 0 Å². The molecule has 0 aliphatic heterocycles. The third kappa shape index (κ3) is 2.79. The second-order valence-corrected chi connectivity index (χ2v) is 5.73. The maximum atomic E-state index is 11.2. The second-order valence-electron chi connectivity index (χ2n) is 5.73. The van der Waals surface area contributed by atoms with Crippen molar-refractivity contribution in [3.63, 3.8) is 0 Å². The highest BCUT2D eigenvalue weighted by Crippen LogP contribution is 2.30. The van der Waals surface area contributed by atoms with Crippen LogP contribution >= 0.6 is 0 Å². The minimum Gasteiger partial charge on any atom is -0.497 e. The van der Waals surface area contributed by atoms with E-state index in [9.17, 15) is 4.79 Å². The highest BCUT2D eigenvalue weighted by Gasteiger charge is 2.15. The zero-order valence-electron chi connectivity index (χ0n) is 13.9. The largest absolute Gasteiger partial charge is 0.497 e. The number of hydrogen-bond acceptors (Lipinski definition) is 5. The molecule has 7 nitrogen and oxygen atoms in total. The summed E-state index contributed by atoms with van der Waals surface area (Å²) in [6.45, 7) is 0.402. The normalized spacial score (nSPS) is 11.0. The molecule has 0 amide bonds. The number of pyridine rings is 1. The Bertz CT molecular complexity index is 1080. The average molecular weight is 349 g/mol. The molecular weight excluding hydrogens is 334 g/mol. The molecule has 1 aromatic carbocycles. The molecule has 130 valence electrons. The fraction of sp³-hybridized carbons (Fsp3) is 0.105. The van der Waals surface area contributed by atoms with Crippen molar-refractivity contribution in [3.8, 4) is 17.1 Å². The van der Waals surface area contributed by atoms with Crippen molar-refractivity contribution in [3.05, 3.63) is 66.5 Å². The fourth-order valence-corrected chi connectivity index (χ4v) is 2.95. The minimum absolute atomic E-state index is 0.0172. The summed E-state index contributed by atoms with van der Waals surface area (Å²) >= 11 is 0. The smallest absolute Gasteiger partial charge is 0.354 e. The molecule has 4 aromatic rings. The van der Waals surface area contributed by atoms with E-state index in [1.165, 1.54) is 12.5 Å². The van der Waals surface area contributed by atoms with Crippen molar-refractivity contribution >= 4 is 16.9 Å². The van der Waals surface area contributed by atoms with Crippen molar-refractivity contribution < 1.29 is 19.1 Å². The standard InChI is InChI=1S/C19H15N3O4/c1-25-14-5-6-17-12(7-14)8-18(16-10-26-11-20-16)22(17)9-13-3-2-4-15(21-13)19(23)24/h2-8,10-11H,9H2,1H3,(H,23,24). The summed E-state index contributed by atoms with van der Waals surface area (Å²) in [6, 6.07) is 12.7. The molecule has 7 heteroatoms.